The first-order valence-electron chi connectivity index (χ1n) is 7.21. The molecule has 0 unspecified atom stereocenters. The maximum atomic E-state index is 12.1. The van der Waals surface area contributed by atoms with Crippen LogP contribution in [-0.4, -0.2) is 18.8 Å². The van der Waals surface area contributed by atoms with Gasteiger partial charge in [0.2, 0.25) is 5.91 Å². The first-order valence-corrected chi connectivity index (χ1v) is 7.21. The fourth-order valence-corrected chi connectivity index (χ4v) is 1.96. The summed E-state index contributed by atoms with van der Waals surface area (Å²) in [5, 5.41) is 14.1. The SMILES string of the molecule is N#CCc1ccc(NC(=O)CNc2ccc(OC(F)(F)F)cc2)cc1. The summed E-state index contributed by atoms with van der Waals surface area (Å²) in [4.78, 5) is 11.9. The number of rotatable bonds is 6. The van der Waals surface area contributed by atoms with E-state index in [9.17, 15) is 18.0 Å². The predicted molar refractivity (Wildman–Crippen MR) is 86.0 cm³/mol. The number of nitrogens with one attached hydrogen (secondary N) is 2. The Labute approximate surface area is 142 Å². The largest absolute Gasteiger partial charge is 0.573 e. The molecule has 0 heterocycles. The molecule has 5 nitrogen and oxygen atoms in total. The number of hydrogen-bond acceptors (Lipinski definition) is 4. The third-order valence-electron chi connectivity index (χ3n) is 3.06. The molecule has 2 aromatic rings. The van der Waals surface area contributed by atoms with Crippen molar-refractivity contribution >= 4 is 17.3 Å². The van der Waals surface area contributed by atoms with Gasteiger partial charge in [0, 0.05) is 11.4 Å². The fourth-order valence-electron chi connectivity index (χ4n) is 1.96. The first kappa shape index (κ1) is 18.1. The number of hydrogen-bond donors (Lipinski definition) is 2. The van der Waals surface area contributed by atoms with Crippen LogP contribution in [0.15, 0.2) is 48.5 Å². The average Bonchev–Trinajstić information content (AvgIpc) is 2.55. The number of nitriles is 1. The van der Waals surface area contributed by atoms with Crippen molar-refractivity contribution in [2.75, 3.05) is 17.2 Å². The molecular formula is C17H14F3N3O2. The molecule has 0 atom stereocenters. The molecule has 0 spiro atoms. The number of alkyl halides is 3. The summed E-state index contributed by atoms with van der Waals surface area (Å²) in [7, 11) is 0. The minimum absolute atomic E-state index is 0.0561. The van der Waals surface area contributed by atoms with E-state index in [1.807, 2.05) is 6.07 Å². The number of nitrogens with zero attached hydrogens (tertiary/aromatic N) is 1. The summed E-state index contributed by atoms with van der Waals surface area (Å²) < 4.78 is 40.0. The second-order valence-corrected chi connectivity index (χ2v) is 5.01. The highest BCUT2D eigenvalue weighted by Crippen LogP contribution is 2.23. The summed E-state index contributed by atoms with van der Waals surface area (Å²) in [5.41, 5.74) is 1.91. The van der Waals surface area contributed by atoms with Gasteiger partial charge in [-0.15, -0.1) is 13.2 Å². The van der Waals surface area contributed by atoms with Crippen LogP contribution < -0.4 is 15.4 Å². The second kappa shape index (κ2) is 8.06. The van der Waals surface area contributed by atoms with Gasteiger partial charge in [-0.3, -0.25) is 4.79 Å². The van der Waals surface area contributed by atoms with Gasteiger partial charge in [0.05, 0.1) is 19.0 Å². The van der Waals surface area contributed by atoms with Crippen LogP contribution in [-0.2, 0) is 11.2 Å². The lowest BCUT2D eigenvalue weighted by Crippen LogP contribution is -2.21. The summed E-state index contributed by atoms with van der Waals surface area (Å²) in [5.74, 6) is -0.649. The Bertz CT molecular complexity index is 751. The Morgan fingerprint density at radius 3 is 2.20 bits per heavy atom. The highest BCUT2D eigenvalue weighted by atomic mass is 19.4. The molecule has 0 fully saturated rings. The smallest absolute Gasteiger partial charge is 0.406 e. The zero-order valence-corrected chi connectivity index (χ0v) is 12.9. The van der Waals surface area contributed by atoms with Gasteiger partial charge in [0.1, 0.15) is 5.75 Å². The van der Waals surface area contributed by atoms with E-state index in [4.69, 9.17) is 5.26 Å². The molecule has 0 saturated heterocycles. The molecule has 8 heteroatoms. The maximum absolute atomic E-state index is 12.1. The highest BCUT2D eigenvalue weighted by Gasteiger charge is 2.30. The van der Waals surface area contributed by atoms with Crippen LogP contribution in [0.5, 0.6) is 5.75 Å². The monoisotopic (exact) mass is 349 g/mol. The van der Waals surface area contributed by atoms with E-state index in [0.29, 0.717) is 17.8 Å². The minimum Gasteiger partial charge on any atom is -0.406 e. The van der Waals surface area contributed by atoms with Crippen LogP contribution in [0.2, 0.25) is 0 Å². The third kappa shape index (κ3) is 6.43. The van der Waals surface area contributed by atoms with E-state index in [1.165, 1.54) is 12.1 Å². The number of carbonyl (C=O) groups excluding carboxylic acids is 1. The number of halogens is 3. The zero-order valence-electron chi connectivity index (χ0n) is 12.9. The van der Waals surface area contributed by atoms with E-state index in [2.05, 4.69) is 15.4 Å². The maximum Gasteiger partial charge on any atom is 0.573 e. The van der Waals surface area contributed by atoms with Gasteiger partial charge < -0.3 is 15.4 Å². The molecule has 0 aliphatic heterocycles. The quantitative estimate of drug-likeness (QED) is 0.834. The second-order valence-electron chi connectivity index (χ2n) is 5.01. The van der Waals surface area contributed by atoms with Crippen molar-refractivity contribution in [2.45, 2.75) is 12.8 Å². The lowest BCUT2D eigenvalue weighted by Gasteiger charge is -2.10. The predicted octanol–water partition coefficient (Wildman–Crippen LogP) is 3.70. The Kier molecular flexibility index (Phi) is 5.84. The summed E-state index contributed by atoms with van der Waals surface area (Å²) in [6, 6.07) is 14.0. The Hall–Kier alpha value is -3.21. The molecule has 0 aliphatic rings. The molecule has 25 heavy (non-hydrogen) atoms. The van der Waals surface area contributed by atoms with Crippen molar-refractivity contribution in [3.05, 3.63) is 54.1 Å². The molecule has 2 rings (SSSR count). The number of amides is 1. The van der Waals surface area contributed by atoms with Gasteiger partial charge in [-0.05, 0) is 42.0 Å². The van der Waals surface area contributed by atoms with Crippen LogP contribution in [0.25, 0.3) is 0 Å². The number of ether oxygens (including phenoxy) is 1. The van der Waals surface area contributed by atoms with Crippen LogP contribution in [0.1, 0.15) is 5.56 Å². The van der Waals surface area contributed by atoms with Crippen molar-refractivity contribution < 1.29 is 22.7 Å². The standard InChI is InChI=1S/C17H14F3N3O2/c18-17(19,20)25-15-7-5-13(6-8-15)22-11-16(24)23-14-3-1-12(2-4-14)9-10-21/h1-8,22H,9,11H2,(H,23,24). The Morgan fingerprint density at radius 1 is 1.04 bits per heavy atom. The van der Waals surface area contributed by atoms with Crippen molar-refractivity contribution in [1.29, 1.82) is 5.26 Å². The van der Waals surface area contributed by atoms with Crippen molar-refractivity contribution in [3.63, 3.8) is 0 Å². The van der Waals surface area contributed by atoms with E-state index >= 15 is 0 Å². The van der Waals surface area contributed by atoms with Gasteiger partial charge in [-0.1, -0.05) is 12.1 Å². The van der Waals surface area contributed by atoms with E-state index in [1.54, 1.807) is 24.3 Å². The molecule has 0 radical (unpaired) electrons. The Morgan fingerprint density at radius 2 is 1.64 bits per heavy atom. The number of benzene rings is 2. The van der Waals surface area contributed by atoms with Crippen LogP contribution in [0.3, 0.4) is 0 Å². The van der Waals surface area contributed by atoms with Gasteiger partial charge in [0.15, 0.2) is 0 Å². The molecule has 1 amide bonds. The fraction of sp³-hybridized carbons (Fsp3) is 0.176. The molecule has 2 N–H and O–H groups in total. The van der Waals surface area contributed by atoms with Gasteiger partial charge in [-0.2, -0.15) is 5.26 Å². The number of carbonyl (C=O) groups is 1. The van der Waals surface area contributed by atoms with Crippen LogP contribution in [0.4, 0.5) is 24.5 Å². The minimum atomic E-state index is -4.74. The van der Waals surface area contributed by atoms with Gasteiger partial charge in [-0.25, -0.2) is 0 Å². The number of anilines is 2. The topological polar surface area (TPSA) is 74.2 Å². The molecule has 130 valence electrons. The van der Waals surface area contributed by atoms with Crippen molar-refractivity contribution in [2.24, 2.45) is 0 Å². The van der Waals surface area contributed by atoms with Gasteiger partial charge in [0.25, 0.3) is 0 Å². The van der Waals surface area contributed by atoms with E-state index in [-0.39, 0.29) is 18.2 Å². The lowest BCUT2D eigenvalue weighted by molar-refractivity contribution is -0.274. The molecule has 2 aromatic carbocycles. The van der Waals surface area contributed by atoms with Crippen molar-refractivity contribution in [3.8, 4) is 11.8 Å². The van der Waals surface area contributed by atoms with Crippen molar-refractivity contribution in [1.82, 2.24) is 0 Å². The van der Waals surface area contributed by atoms with Crippen LogP contribution in [0, 0.1) is 11.3 Å². The molecule has 0 aliphatic carbocycles. The zero-order chi connectivity index (χ0) is 18.3. The summed E-state index contributed by atoms with van der Waals surface area (Å²) in [6.45, 7) is -0.0561. The normalized spacial score (nSPS) is 10.6. The van der Waals surface area contributed by atoms with Gasteiger partial charge >= 0.3 is 6.36 Å². The molecule has 0 saturated carbocycles. The van der Waals surface area contributed by atoms with E-state index in [0.717, 1.165) is 17.7 Å². The average molecular weight is 349 g/mol. The third-order valence-corrected chi connectivity index (χ3v) is 3.06. The molecular weight excluding hydrogens is 335 g/mol. The Balaban J connectivity index is 1.82. The summed E-state index contributed by atoms with van der Waals surface area (Å²) in [6.07, 6.45) is -4.44. The molecule has 0 aromatic heterocycles. The van der Waals surface area contributed by atoms with E-state index < -0.39 is 6.36 Å². The lowest BCUT2D eigenvalue weighted by atomic mass is 10.1. The van der Waals surface area contributed by atoms with Crippen LogP contribution >= 0.6 is 0 Å². The highest BCUT2D eigenvalue weighted by molar-refractivity contribution is 5.93. The molecule has 0 bridgehead atoms. The first-order chi connectivity index (χ1) is 11.9. The summed E-state index contributed by atoms with van der Waals surface area (Å²) >= 11 is 0.